The molecule has 0 N–H and O–H groups in total. The fraction of sp³-hybridized carbons (Fsp3) is 0.600. The Labute approximate surface area is 97.8 Å². The van der Waals surface area contributed by atoms with Gasteiger partial charge in [-0.15, -0.1) is 0 Å². The second-order valence-corrected chi connectivity index (χ2v) is 3.99. The lowest BCUT2D eigenvalue weighted by Gasteiger charge is -2.14. The highest BCUT2D eigenvalue weighted by Crippen LogP contribution is 2.15. The zero-order chi connectivity index (χ0) is 12.0. The molecule has 0 heterocycles. The molecule has 4 nitrogen and oxygen atoms in total. The number of esters is 2. The molecular weight excluding hydrogens is 264 g/mol. The van der Waals surface area contributed by atoms with Crippen LogP contribution in [0.5, 0.6) is 0 Å². The van der Waals surface area contributed by atoms with Crippen LogP contribution in [0.15, 0.2) is 12.2 Å². The van der Waals surface area contributed by atoms with Crippen molar-refractivity contribution in [1.82, 2.24) is 0 Å². The molecule has 0 amide bonds. The highest BCUT2D eigenvalue weighted by molar-refractivity contribution is 9.09. The molecule has 15 heavy (non-hydrogen) atoms. The van der Waals surface area contributed by atoms with Crippen molar-refractivity contribution in [2.75, 3.05) is 6.61 Å². The van der Waals surface area contributed by atoms with E-state index in [2.05, 4.69) is 22.5 Å². The van der Waals surface area contributed by atoms with Gasteiger partial charge < -0.3 is 9.47 Å². The van der Waals surface area contributed by atoms with Gasteiger partial charge in [0.25, 0.3) is 0 Å². The molecule has 86 valence electrons. The molecule has 0 saturated carbocycles. The van der Waals surface area contributed by atoms with E-state index in [0.29, 0.717) is 0 Å². The van der Waals surface area contributed by atoms with Crippen molar-refractivity contribution >= 4 is 27.9 Å². The van der Waals surface area contributed by atoms with Gasteiger partial charge in [-0.2, -0.15) is 0 Å². The molecule has 0 aliphatic heterocycles. The molecular formula is C10H15BrO4. The van der Waals surface area contributed by atoms with E-state index in [9.17, 15) is 9.59 Å². The number of rotatable bonds is 5. The van der Waals surface area contributed by atoms with Gasteiger partial charge in [0, 0.05) is 0 Å². The fourth-order valence-corrected chi connectivity index (χ4v) is 0.997. The number of carbonyl (C=O) groups is 2. The molecule has 0 radical (unpaired) electrons. The first-order chi connectivity index (χ1) is 6.90. The normalized spacial score (nSPS) is 12.1. The maximum Gasteiger partial charge on any atom is 0.338 e. The van der Waals surface area contributed by atoms with E-state index < -0.39 is 17.0 Å². The quantitative estimate of drug-likeness (QED) is 0.439. The summed E-state index contributed by atoms with van der Waals surface area (Å²) in [6.45, 7) is 8.84. The standard InChI is InChI=1S/C10H15BrO4/c1-5-14-10(13)7(4)8(11)15-9(12)6(2)3/h6,8H,4-5H2,1-3H3. The number of halogens is 1. The van der Waals surface area contributed by atoms with Crippen LogP contribution in [-0.2, 0) is 19.1 Å². The summed E-state index contributed by atoms with van der Waals surface area (Å²) in [6.07, 6.45) is 0. The van der Waals surface area contributed by atoms with E-state index in [0.717, 1.165) is 0 Å². The molecule has 1 unspecified atom stereocenters. The molecule has 0 aromatic heterocycles. The van der Waals surface area contributed by atoms with E-state index in [1.54, 1.807) is 20.8 Å². The lowest BCUT2D eigenvalue weighted by atomic mass is 10.2. The molecule has 0 bridgehead atoms. The smallest absolute Gasteiger partial charge is 0.338 e. The molecule has 0 fully saturated rings. The van der Waals surface area contributed by atoms with Gasteiger partial charge in [0.05, 0.1) is 18.1 Å². The molecule has 1 atom stereocenters. The Morgan fingerprint density at radius 3 is 2.33 bits per heavy atom. The van der Waals surface area contributed by atoms with E-state index in [-0.39, 0.29) is 18.1 Å². The molecule has 0 aliphatic rings. The van der Waals surface area contributed by atoms with Gasteiger partial charge in [-0.1, -0.05) is 20.4 Å². The summed E-state index contributed by atoms with van der Waals surface area (Å²) in [6, 6.07) is 0. The highest BCUT2D eigenvalue weighted by atomic mass is 79.9. The van der Waals surface area contributed by atoms with Crippen molar-refractivity contribution in [3.05, 3.63) is 12.2 Å². The number of carbonyl (C=O) groups excluding carboxylic acids is 2. The fourth-order valence-electron chi connectivity index (χ4n) is 0.626. The Kier molecular flexibility index (Phi) is 6.24. The van der Waals surface area contributed by atoms with Crippen molar-refractivity contribution in [3.63, 3.8) is 0 Å². The SMILES string of the molecule is C=C(C(=O)OCC)C(Br)OC(=O)C(C)C. The molecule has 0 spiro atoms. The first kappa shape index (κ1) is 14.2. The predicted octanol–water partition coefficient (Wildman–Crippen LogP) is 2.03. The third-order valence-corrected chi connectivity index (χ3v) is 2.24. The Hall–Kier alpha value is -0.840. The molecule has 0 aromatic rings. The molecule has 0 aromatic carbocycles. The Morgan fingerprint density at radius 1 is 1.40 bits per heavy atom. The third-order valence-electron chi connectivity index (χ3n) is 1.50. The summed E-state index contributed by atoms with van der Waals surface area (Å²) < 4.78 is 9.63. The summed E-state index contributed by atoms with van der Waals surface area (Å²) in [7, 11) is 0. The lowest BCUT2D eigenvalue weighted by Crippen LogP contribution is -2.22. The van der Waals surface area contributed by atoms with Gasteiger partial charge in [0.2, 0.25) is 0 Å². The average Bonchev–Trinajstić information content (AvgIpc) is 2.16. The van der Waals surface area contributed by atoms with Crippen LogP contribution < -0.4 is 0 Å². The number of ether oxygens (including phenoxy) is 2. The van der Waals surface area contributed by atoms with Gasteiger partial charge >= 0.3 is 11.9 Å². The first-order valence-corrected chi connectivity index (χ1v) is 5.52. The van der Waals surface area contributed by atoms with Crippen LogP contribution >= 0.6 is 15.9 Å². The van der Waals surface area contributed by atoms with E-state index >= 15 is 0 Å². The molecule has 0 rings (SSSR count). The Bertz CT molecular complexity index is 260. The summed E-state index contributed by atoms with van der Waals surface area (Å²) in [5.74, 6) is -1.22. The largest absolute Gasteiger partial charge is 0.463 e. The van der Waals surface area contributed by atoms with Crippen LogP contribution in [0.1, 0.15) is 20.8 Å². The zero-order valence-electron chi connectivity index (χ0n) is 9.08. The van der Waals surface area contributed by atoms with Crippen LogP contribution in [0.3, 0.4) is 0 Å². The first-order valence-electron chi connectivity index (χ1n) is 4.60. The summed E-state index contributed by atoms with van der Waals surface area (Å²) in [4.78, 5) is 22.4. The molecule has 0 aliphatic carbocycles. The minimum atomic E-state index is -0.827. The molecule has 5 heteroatoms. The second kappa shape index (κ2) is 6.61. The van der Waals surface area contributed by atoms with Gasteiger partial charge in [-0.3, -0.25) is 4.79 Å². The third kappa shape index (κ3) is 4.97. The van der Waals surface area contributed by atoms with Crippen LogP contribution in [0.2, 0.25) is 0 Å². The monoisotopic (exact) mass is 278 g/mol. The second-order valence-electron chi connectivity index (χ2n) is 3.15. The van der Waals surface area contributed by atoms with Crippen molar-refractivity contribution in [2.45, 2.75) is 25.8 Å². The Balaban J connectivity index is 4.21. The number of hydrogen-bond donors (Lipinski definition) is 0. The van der Waals surface area contributed by atoms with Crippen molar-refractivity contribution in [2.24, 2.45) is 5.92 Å². The summed E-state index contributed by atoms with van der Waals surface area (Å²) >= 11 is 3.04. The van der Waals surface area contributed by atoms with E-state index in [1.165, 1.54) is 0 Å². The number of hydrogen-bond acceptors (Lipinski definition) is 4. The predicted molar refractivity (Wildman–Crippen MR) is 59.4 cm³/mol. The van der Waals surface area contributed by atoms with Gasteiger partial charge in [-0.05, 0) is 22.9 Å². The lowest BCUT2D eigenvalue weighted by molar-refractivity contribution is -0.148. The minimum Gasteiger partial charge on any atom is -0.463 e. The maximum absolute atomic E-state index is 11.2. The molecule has 0 saturated heterocycles. The van der Waals surface area contributed by atoms with Crippen LogP contribution in [-0.4, -0.2) is 23.6 Å². The van der Waals surface area contributed by atoms with Crippen molar-refractivity contribution in [3.8, 4) is 0 Å². The zero-order valence-corrected chi connectivity index (χ0v) is 10.7. The van der Waals surface area contributed by atoms with Crippen LogP contribution in [0, 0.1) is 5.92 Å². The van der Waals surface area contributed by atoms with Crippen molar-refractivity contribution < 1.29 is 19.1 Å². The van der Waals surface area contributed by atoms with Gasteiger partial charge in [0.1, 0.15) is 0 Å². The van der Waals surface area contributed by atoms with Gasteiger partial charge in [-0.25, -0.2) is 4.79 Å². The van der Waals surface area contributed by atoms with Crippen LogP contribution in [0.4, 0.5) is 0 Å². The summed E-state index contributed by atoms with van der Waals surface area (Å²) in [5, 5.41) is -0.827. The average molecular weight is 279 g/mol. The highest BCUT2D eigenvalue weighted by Gasteiger charge is 2.22. The number of alkyl halides is 1. The maximum atomic E-state index is 11.2. The summed E-state index contributed by atoms with van der Waals surface area (Å²) in [5.41, 5.74) is 0.0749. The van der Waals surface area contributed by atoms with Gasteiger partial charge in [0.15, 0.2) is 5.01 Å². The topological polar surface area (TPSA) is 52.6 Å². The van der Waals surface area contributed by atoms with Crippen LogP contribution in [0.25, 0.3) is 0 Å². The Morgan fingerprint density at radius 2 is 1.93 bits per heavy atom. The van der Waals surface area contributed by atoms with Crippen molar-refractivity contribution in [1.29, 1.82) is 0 Å². The minimum absolute atomic E-state index is 0.0749. The van der Waals surface area contributed by atoms with E-state index in [4.69, 9.17) is 9.47 Å². The van der Waals surface area contributed by atoms with E-state index in [1.807, 2.05) is 0 Å².